The molecule has 0 saturated carbocycles. The van der Waals surface area contributed by atoms with Crippen molar-refractivity contribution >= 4 is 23.2 Å². The minimum atomic E-state index is 0.0896. The molecular formula is C14H14O3S. The average molecular weight is 262 g/mol. The molecule has 1 rings (SSSR count). The number of methoxy groups -OCH3 is 1. The zero-order valence-corrected chi connectivity index (χ0v) is 11.2. The number of ether oxygens (including phenoxy) is 1. The second-order valence-corrected chi connectivity index (χ2v) is 4.73. The monoisotopic (exact) mass is 262 g/mol. The van der Waals surface area contributed by atoms with Gasteiger partial charge in [0.1, 0.15) is 5.75 Å². The van der Waals surface area contributed by atoms with E-state index < -0.39 is 0 Å². The molecule has 1 aromatic carbocycles. The topological polar surface area (TPSA) is 43.4 Å². The lowest BCUT2D eigenvalue weighted by Crippen LogP contribution is -1.90. The number of benzene rings is 1. The molecule has 0 unspecified atom stereocenters. The molecule has 0 fully saturated rings. The van der Waals surface area contributed by atoms with Gasteiger partial charge < -0.3 is 4.74 Å². The van der Waals surface area contributed by atoms with E-state index in [2.05, 4.69) is 11.8 Å². The Kier molecular flexibility index (Phi) is 6.03. The number of rotatable bonds is 4. The number of carbonyl (C=O) groups excluding carboxylic acids is 2. The maximum absolute atomic E-state index is 10.8. The predicted molar refractivity (Wildman–Crippen MR) is 73.0 cm³/mol. The van der Waals surface area contributed by atoms with Crippen LogP contribution in [0.3, 0.4) is 0 Å². The van der Waals surface area contributed by atoms with E-state index in [0.29, 0.717) is 29.1 Å². The molecule has 0 N–H and O–H groups in total. The van der Waals surface area contributed by atoms with Crippen LogP contribution in [0.1, 0.15) is 29.3 Å². The lowest BCUT2D eigenvalue weighted by Gasteiger charge is -2.01. The summed E-state index contributed by atoms with van der Waals surface area (Å²) < 4.78 is 5.08. The molecule has 0 saturated heterocycles. The molecule has 0 aliphatic carbocycles. The van der Waals surface area contributed by atoms with Crippen LogP contribution in [0.25, 0.3) is 0 Å². The lowest BCUT2D eigenvalue weighted by atomic mass is 10.1. The first-order valence-electron chi connectivity index (χ1n) is 5.43. The molecule has 0 heterocycles. The van der Waals surface area contributed by atoms with Crippen LogP contribution in [-0.4, -0.2) is 24.3 Å². The Morgan fingerprint density at radius 3 is 2.89 bits per heavy atom. The van der Waals surface area contributed by atoms with E-state index >= 15 is 0 Å². The second kappa shape index (κ2) is 7.57. The Balaban J connectivity index is 2.73. The quantitative estimate of drug-likeness (QED) is 0.475. The van der Waals surface area contributed by atoms with Gasteiger partial charge in [-0.25, -0.2) is 0 Å². The first kappa shape index (κ1) is 14.3. The Bertz CT molecular complexity index is 497. The van der Waals surface area contributed by atoms with Gasteiger partial charge in [0.15, 0.2) is 11.4 Å². The summed E-state index contributed by atoms with van der Waals surface area (Å²) in [6.45, 7) is 1.53. The minimum absolute atomic E-state index is 0.0896. The molecule has 0 bridgehead atoms. The molecule has 0 aliphatic heterocycles. The van der Waals surface area contributed by atoms with Gasteiger partial charge in [0, 0.05) is 30.2 Å². The SMILES string of the molecule is COc1ccc(C=O)c(C#CCCSC(C)=O)c1. The first-order valence-corrected chi connectivity index (χ1v) is 6.41. The highest BCUT2D eigenvalue weighted by molar-refractivity contribution is 8.13. The molecule has 4 heteroatoms. The molecule has 0 atom stereocenters. The fourth-order valence-corrected chi connectivity index (χ4v) is 1.77. The van der Waals surface area contributed by atoms with Crippen molar-refractivity contribution in [2.45, 2.75) is 13.3 Å². The summed E-state index contributed by atoms with van der Waals surface area (Å²) in [5.41, 5.74) is 1.19. The predicted octanol–water partition coefficient (Wildman–Crippen LogP) is 2.53. The van der Waals surface area contributed by atoms with Crippen LogP contribution in [0.5, 0.6) is 5.75 Å². The van der Waals surface area contributed by atoms with Crippen LogP contribution in [0, 0.1) is 11.8 Å². The van der Waals surface area contributed by atoms with Gasteiger partial charge in [-0.2, -0.15) is 0 Å². The van der Waals surface area contributed by atoms with Crippen LogP contribution in [0.15, 0.2) is 18.2 Å². The fourth-order valence-electron chi connectivity index (χ4n) is 1.28. The minimum Gasteiger partial charge on any atom is -0.497 e. The Morgan fingerprint density at radius 2 is 2.28 bits per heavy atom. The highest BCUT2D eigenvalue weighted by Crippen LogP contribution is 2.15. The van der Waals surface area contributed by atoms with E-state index in [9.17, 15) is 9.59 Å². The largest absolute Gasteiger partial charge is 0.497 e. The highest BCUT2D eigenvalue weighted by Gasteiger charge is 2.00. The summed E-state index contributed by atoms with van der Waals surface area (Å²) in [4.78, 5) is 21.6. The standard InChI is InChI=1S/C14H14O3S/c1-11(16)18-8-4-3-5-12-9-14(17-2)7-6-13(12)10-15/h6-7,9-10H,4,8H2,1-2H3. The molecule has 1 aromatic rings. The Morgan fingerprint density at radius 1 is 1.50 bits per heavy atom. The fraction of sp³-hybridized carbons (Fsp3) is 0.286. The first-order chi connectivity index (χ1) is 8.67. The molecule has 3 nitrogen and oxygen atoms in total. The van der Waals surface area contributed by atoms with Crippen LogP contribution < -0.4 is 4.74 Å². The van der Waals surface area contributed by atoms with E-state index in [-0.39, 0.29) is 5.12 Å². The summed E-state index contributed by atoms with van der Waals surface area (Å²) in [5.74, 6) is 7.21. The van der Waals surface area contributed by atoms with Crippen LogP contribution >= 0.6 is 11.8 Å². The number of aldehydes is 1. The van der Waals surface area contributed by atoms with Crippen LogP contribution in [-0.2, 0) is 4.79 Å². The van der Waals surface area contributed by atoms with Gasteiger partial charge in [-0.15, -0.1) is 0 Å². The van der Waals surface area contributed by atoms with Crippen molar-refractivity contribution in [2.24, 2.45) is 0 Å². The third kappa shape index (κ3) is 4.64. The molecule has 0 radical (unpaired) electrons. The van der Waals surface area contributed by atoms with Crippen LogP contribution in [0.4, 0.5) is 0 Å². The van der Waals surface area contributed by atoms with Crippen molar-refractivity contribution in [3.63, 3.8) is 0 Å². The number of hydrogen-bond donors (Lipinski definition) is 0. The van der Waals surface area contributed by atoms with Crippen molar-refractivity contribution in [1.82, 2.24) is 0 Å². The van der Waals surface area contributed by atoms with Crippen molar-refractivity contribution in [2.75, 3.05) is 12.9 Å². The number of carbonyl (C=O) groups is 2. The van der Waals surface area contributed by atoms with Gasteiger partial charge in [0.25, 0.3) is 0 Å². The van der Waals surface area contributed by atoms with Crippen molar-refractivity contribution in [1.29, 1.82) is 0 Å². The molecule has 18 heavy (non-hydrogen) atoms. The molecular weight excluding hydrogens is 248 g/mol. The highest BCUT2D eigenvalue weighted by atomic mass is 32.2. The molecule has 0 aliphatic rings. The van der Waals surface area contributed by atoms with Gasteiger partial charge in [-0.3, -0.25) is 9.59 Å². The maximum atomic E-state index is 10.8. The maximum Gasteiger partial charge on any atom is 0.185 e. The number of hydrogen-bond acceptors (Lipinski definition) is 4. The van der Waals surface area contributed by atoms with Crippen molar-refractivity contribution < 1.29 is 14.3 Å². The van der Waals surface area contributed by atoms with E-state index in [1.54, 1.807) is 25.3 Å². The number of thioether (sulfide) groups is 1. The summed E-state index contributed by atoms with van der Waals surface area (Å²) in [7, 11) is 1.57. The zero-order chi connectivity index (χ0) is 13.4. The van der Waals surface area contributed by atoms with Gasteiger partial charge in [-0.1, -0.05) is 23.6 Å². The summed E-state index contributed by atoms with van der Waals surface area (Å²) in [5, 5.41) is 0.0896. The van der Waals surface area contributed by atoms with E-state index in [0.717, 1.165) is 6.29 Å². The molecule has 0 aromatic heterocycles. The van der Waals surface area contributed by atoms with E-state index in [4.69, 9.17) is 4.74 Å². The van der Waals surface area contributed by atoms with Crippen molar-refractivity contribution in [3.05, 3.63) is 29.3 Å². The van der Waals surface area contributed by atoms with Gasteiger partial charge >= 0.3 is 0 Å². The summed E-state index contributed by atoms with van der Waals surface area (Å²) >= 11 is 1.25. The molecule has 94 valence electrons. The average Bonchev–Trinajstić information content (AvgIpc) is 2.37. The van der Waals surface area contributed by atoms with Gasteiger partial charge in [-0.05, 0) is 18.2 Å². The van der Waals surface area contributed by atoms with Gasteiger partial charge in [0.05, 0.1) is 7.11 Å². The zero-order valence-electron chi connectivity index (χ0n) is 10.4. The Labute approximate surface area is 111 Å². The van der Waals surface area contributed by atoms with Crippen LogP contribution in [0.2, 0.25) is 0 Å². The Hall–Kier alpha value is -1.73. The third-order valence-corrected chi connectivity index (χ3v) is 2.96. The van der Waals surface area contributed by atoms with Gasteiger partial charge in [0.2, 0.25) is 0 Å². The summed E-state index contributed by atoms with van der Waals surface area (Å²) in [6, 6.07) is 5.13. The van der Waals surface area contributed by atoms with E-state index in [1.165, 1.54) is 18.7 Å². The van der Waals surface area contributed by atoms with Crippen molar-refractivity contribution in [3.8, 4) is 17.6 Å². The smallest absolute Gasteiger partial charge is 0.185 e. The second-order valence-electron chi connectivity index (χ2n) is 3.46. The lowest BCUT2D eigenvalue weighted by molar-refractivity contribution is -0.109. The molecule has 0 amide bonds. The molecule has 0 spiro atoms. The van der Waals surface area contributed by atoms with E-state index in [1.807, 2.05) is 0 Å². The third-order valence-electron chi connectivity index (χ3n) is 2.14. The normalized spacial score (nSPS) is 9.22. The summed E-state index contributed by atoms with van der Waals surface area (Å²) in [6.07, 6.45) is 1.38.